The molecule has 0 saturated carbocycles. The van der Waals surface area contributed by atoms with E-state index in [1.54, 1.807) is 7.11 Å². The number of hydrogen-bond donors (Lipinski definition) is 2. The van der Waals surface area contributed by atoms with Gasteiger partial charge in [-0.3, -0.25) is 9.69 Å². The minimum atomic E-state index is -0.664. The molecule has 3 rings (SSSR count). The van der Waals surface area contributed by atoms with E-state index in [1.807, 2.05) is 0 Å². The zero-order valence-corrected chi connectivity index (χ0v) is 16.1. The summed E-state index contributed by atoms with van der Waals surface area (Å²) in [6, 6.07) is 6.36. The molecule has 26 heavy (non-hydrogen) atoms. The molecule has 0 radical (unpaired) electrons. The van der Waals surface area contributed by atoms with Crippen LogP contribution in [-0.2, 0) is 16.1 Å². The molecular formula is C21H30N2O3. The number of methoxy groups -OCH3 is 1. The van der Waals surface area contributed by atoms with Crippen LogP contribution in [0.1, 0.15) is 42.5 Å². The van der Waals surface area contributed by atoms with Crippen molar-refractivity contribution >= 4 is 16.9 Å². The number of nitrogens with one attached hydrogen (secondary N) is 1. The van der Waals surface area contributed by atoms with Crippen molar-refractivity contribution in [3.63, 3.8) is 0 Å². The largest absolute Gasteiger partial charge is 0.481 e. The molecule has 1 aromatic heterocycles. The van der Waals surface area contributed by atoms with E-state index in [9.17, 15) is 9.90 Å². The number of rotatable bonds is 7. The third-order valence-corrected chi connectivity index (χ3v) is 5.90. The molecule has 0 unspecified atom stereocenters. The topological polar surface area (TPSA) is 65.6 Å². The van der Waals surface area contributed by atoms with Crippen LogP contribution in [0.2, 0.25) is 0 Å². The molecule has 0 spiro atoms. The average Bonchev–Trinajstić information content (AvgIpc) is 2.93. The highest BCUT2D eigenvalue weighted by atomic mass is 16.5. The van der Waals surface area contributed by atoms with Gasteiger partial charge in [-0.15, -0.1) is 0 Å². The number of benzene rings is 1. The number of aliphatic carboxylic acids is 1. The Labute approximate surface area is 155 Å². The van der Waals surface area contributed by atoms with Crippen LogP contribution < -0.4 is 0 Å². The lowest BCUT2D eigenvalue weighted by Gasteiger charge is -2.40. The number of aromatic nitrogens is 1. The molecule has 1 aromatic carbocycles. The van der Waals surface area contributed by atoms with Crippen molar-refractivity contribution in [2.24, 2.45) is 5.41 Å². The summed E-state index contributed by atoms with van der Waals surface area (Å²) in [4.78, 5) is 17.9. The Morgan fingerprint density at radius 1 is 1.38 bits per heavy atom. The fraction of sp³-hybridized carbons (Fsp3) is 0.571. The standard InChI is InChI=1S/C21H30N2O3/c1-15-7-4-8-17-16(2)18(22-19(15)17)13-23-11-5-9-21(14-23,20(24)25)10-6-12-26-3/h4,7-8,22H,5-6,9-14H2,1-3H3,(H,24,25)/t21-/m1/s1. The Bertz CT molecular complexity index is 783. The Kier molecular flexibility index (Phi) is 5.68. The molecule has 0 aliphatic carbocycles. The van der Waals surface area contributed by atoms with Gasteiger partial charge in [0.05, 0.1) is 5.41 Å². The second-order valence-electron chi connectivity index (χ2n) is 7.72. The molecule has 1 atom stereocenters. The van der Waals surface area contributed by atoms with Crippen LogP contribution in [0.4, 0.5) is 0 Å². The number of hydrogen-bond acceptors (Lipinski definition) is 3. The van der Waals surface area contributed by atoms with E-state index in [0.29, 0.717) is 19.6 Å². The smallest absolute Gasteiger partial charge is 0.310 e. The van der Waals surface area contributed by atoms with Crippen molar-refractivity contribution < 1.29 is 14.6 Å². The first kappa shape index (κ1) is 18.9. The van der Waals surface area contributed by atoms with E-state index in [0.717, 1.165) is 32.4 Å². The number of aromatic amines is 1. The van der Waals surface area contributed by atoms with Crippen LogP contribution >= 0.6 is 0 Å². The van der Waals surface area contributed by atoms with Crippen LogP contribution in [0.25, 0.3) is 10.9 Å². The fourth-order valence-corrected chi connectivity index (χ4v) is 4.34. The van der Waals surface area contributed by atoms with E-state index in [4.69, 9.17) is 4.74 Å². The summed E-state index contributed by atoms with van der Waals surface area (Å²) in [5.41, 5.74) is 4.27. The monoisotopic (exact) mass is 358 g/mol. The van der Waals surface area contributed by atoms with Gasteiger partial charge in [0, 0.05) is 43.4 Å². The summed E-state index contributed by atoms with van der Waals surface area (Å²) >= 11 is 0. The molecule has 1 aliphatic heterocycles. The zero-order valence-electron chi connectivity index (χ0n) is 16.1. The van der Waals surface area contributed by atoms with E-state index in [-0.39, 0.29) is 0 Å². The van der Waals surface area contributed by atoms with Crippen molar-refractivity contribution in [3.05, 3.63) is 35.0 Å². The third-order valence-electron chi connectivity index (χ3n) is 5.90. The first-order chi connectivity index (χ1) is 12.5. The number of fused-ring (bicyclic) bond motifs is 1. The summed E-state index contributed by atoms with van der Waals surface area (Å²) in [6.45, 7) is 7.23. The lowest BCUT2D eigenvalue weighted by molar-refractivity contribution is -0.153. The van der Waals surface area contributed by atoms with E-state index in [1.165, 1.54) is 27.7 Å². The molecule has 0 amide bonds. The van der Waals surface area contributed by atoms with Crippen molar-refractivity contribution in [1.29, 1.82) is 0 Å². The lowest BCUT2D eigenvalue weighted by Crippen LogP contribution is -2.47. The third kappa shape index (κ3) is 3.64. The summed E-state index contributed by atoms with van der Waals surface area (Å²) in [6.07, 6.45) is 3.16. The Morgan fingerprint density at radius 2 is 2.19 bits per heavy atom. The molecule has 2 N–H and O–H groups in total. The maximum absolute atomic E-state index is 12.0. The van der Waals surface area contributed by atoms with Gasteiger partial charge in [0.15, 0.2) is 0 Å². The summed E-state index contributed by atoms with van der Waals surface area (Å²) < 4.78 is 5.13. The summed E-state index contributed by atoms with van der Waals surface area (Å²) in [5, 5.41) is 11.2. The van der Waals surface area contributed by atoms with E-state index < -0.39 is 11.4 Å². The highest BCUT2D eigenvalue weighted by Gasteiger charge is 2.41. The number of carboxylic acid groups (broad SMARTS) is 1. The first-order valence-electron chi connectivity index (χ1n) is 9.48. The van der Waals surface area contributed by atoms with Crippen LogP contribution in [-0.4, -0.2) is 47.8 Å². The highest BCUT2D eigenvalue weighted by molar-refractivity contribution is 5.87. The number of para-hydroxylation sites is 1. The second kappa shape index (κ2) is 7.80. The molecule has 0 bridgehead atoms. The van der Waals surface area contributed by atoms with Gasteiger partial charge in [-0.25, -0.2) is 0 Å². The van der Waals surface area contributed by atoms with Crippen LogP contribution in [0.5, 0.6) is 0 Å². The van der Waals surface area contributed by atoms with Crippen molar-refractivity contribution in [2.45, 2.75) is 46.1 Å². The maximum Gasteiger partial charge on any atom is 0.310 e. The van der Waals surface area contributed by atoms with Crippen LogP contribution in [0, 0.1) is 19.3 Å². The number of nitrogens with zero attached hydrogens (tertiary/aromatic N) is 1. The van der Waals surface area contributed by atoms with Crippen molar-refractivity contribution in [2.75, 3.05) is 26.8 Å². The number of aryl methyl sites for hydroxylation is 2. The normalized spacial score (nSPS) is 21.3. The van der Waals surface area contributed by atoms with Gasteiger partial charge in [0.1, 0.15) is 0 Å². The predicted octanol–water partition coefficient (Wildman–Crippen LogP) is 3.88. The number of ether oxygens (including phenoxy) is 1. The highest BCUT2D eigenvalue weighted by Crippen LogP contribution is 2.36. The number of piperidine rings is 1. The molecule has 5 nitrogen and oxygen atoms in total. The Morgan fingerprint density at radius 3 is 2.88 bits per heavy atom. The van der Waals surface area contributed by atoms with Crippen LogP contribution in [0.3, 0.4) is 0 Å². The fourth-order valence-electron chi connectivity index (χ4n) is 4.34. The number of carbonyl (C=O) groups is 1. The predicted molar refractivity (Wildman–Crippen MR) is 103 cm³/mol. The van der Waals surface area contributed by atoms with E-state index >= 15 is 0 Å². The minimum absolute atomic E-state index is 0.611. The van der Waals surface area contributed by atoms with Gasteiger partial charge in [-0.1, -0.05) is 18.2 Å². The number of H-pyrrole nitrogens is 1. The Hall–Kier alpha value is -1.85. The zero-order chi connectivity index (χ0) is 18.7. The number of likely N-dealkylation sites (tertiary alicyclic amines) is 1. The van der Waals surface area contributed by atoms with Gasteiger partial charge in [0.25, 0.3) is 0 Å². The van der Waals surface area contributed by atoms with E-state index in [2.05, 4.69) is 41.9 Å². The minimum Gasteiger partial charge on any atom is -0.481 e. The van der Waals surface area contributed by atoms with Gasteiger partial charge >= 0.3 is 5.97 Å². The lowest BCUT2D eigenvalue weighted by atomic mass is 9.76. The molecule has 1 fully saturated rings. The number of carboxylic acids is 1. The van der Waals surface area contributed by atoms with Crippen molar-refractivity contribution in [1.82, 2.24) is 9.88 Å². The first-order valence-corrected chi connectivity index (χ1v) is 9.48. The molecule has 142 valence electrons. The van der Waals surface area contributed by atoms with Crippen molar-refractivity contribution in [3.8, 4) is 0 Å². The van der Waals surface area contributed by atoms with Crippen LogP contribution in [0.15, 0.2) is 18.2 Å². The average molecular weight is 358 g/mol. The Balaban J connectivity index is 1.78. The molecular weight excluding hydrogens is 328 g/mol. The summed E-state index contributed by atoms with van der Waals surface area (Å²) in [7, 11) is 1.67. The molecule has 1 aliphatic rings. The quantitative estimate of drug-likeness (QED) is 0.737. The summed E-state index contributed by atoms with van der Waals surface area (Å²) in [5.74, 6) is -0.664. The molecule has 5 heteroatoms. The van der Waals surface area contributed by atoms with Gasteiger partial charge in [-0.05, 0) is 57.2 Å². The molecule has 2 aromatic rings. The van der Waals surface area contributed by atoms with Gasteiger partial charge < -0.3 is 14.8 Å². The van der Waals surface area contributed by atoms with Gasteiger partial charge in [0.2, 0.25) is 0 Å². The van der Waals surface area contributed by atoms with Gasteiger partial charge in [-0.2, -0.15) is 0 Å². The molecule has 1 saturated heterocycles. The SMILES string of the molecule is COCCC[C@]1(C(=O)O)CCCN(Cc2[nH]c3c(C)cccc3c2C)C1. The molecule has 2 heterocycles. The maximum atomic E-state index is 12.0. The second-order valence-corrected chi connectivity index (χ2v) is 7.72.